The van der Waals surface area contributed by atoms with Gasteiger partial charge in [0.05, 0.1) is 18.7 Å². The summed E-state index contributed by atoms with van der Waals surface area (Å²) in [7, 11) is 0. The lowest BCUT2D eigenvalue weighted by atomic mass is 10.1. The van der Waals surface area contributed by atoms with Crippen LogP contribution in [0, 0.1) is 0 Å². The predicted octanol–water partition coefficient (Wildman–Crippen LogP) is 2.20. The molecule has 100 valence electrons. The fraction of sp³-hybridized carbons (Fsp3) is 0.308. The normalized spacial score (nSPS) is 12.1. The summed E-state index contributed by atoms with van der Waals surface area (Å²) in [4.78, 5) is 18.6. The fourth-order valence-electron chi connectivity index (χ4n) is 1.68. The second-order valence-corrected chi connectivity index (χ2v) is 4.26. The van der Waals surface area contributed by atoms with Crippen LogP contribution in [0.15, 0.2) is 35.2 Å². The van der Waals surface area contributed by atoms with Crippen molar-refractivity contribution >= 4 is 11.8 Å². The highest BCUT2D eigenvalue weighted by Crippen LogP contribution is 2.10. The zero-order chi connectivity index (χ0) is 13.7. The number of carbonyl (C=O) groups is 1. The molecular weight excluding hydrogens is 246 g/mol. The SMILES string of the molecule is CC(CCc1ccco1)Nc1cncc(C(=O)O)n1. The first-order chi connectivity index (χ1) is 9.15. The number of rotatable bonds is 6. The van der Waals surface area contributed by atoms with E-state index in [-0.39, 0.29) is 11.7 Å². The molecule has 19 heavy (non-hydrogen) atoms. The summed E-state index contributed by atoms with van der Waals surface area (Å²) in [5, 5.41) is 12.0. The van der Waals surface area contributed by atoms with E-state index in [2.05, 4.69) is 15.3 Å². The largest absolute Gasteiger partial charge is 0.476 e. The molecule has 0 spiro atoms. The average molecular weight is 261 g/mol. The molecule has 1 atom stereocenters. The van der Waals surface area contributed by atoms with Gasteiger partial charge >= 0.3 is 5.97 Å². The third-order valence-corrected chi connectivity index (χ3v) is 2.65. The molecule has 0 radical (unpaired) electrons. The molecule has 2 rings (SSSR count). The summed E-state index contributed by atoms with van der Waals surface area (Å²) in [6.07, 6.45) is 6.05. The monoisotopic (exact) mass is 261 g/mol. The Morgan fingerprint density at radius 2 is 2.37 bits per heavy atom. The molecule has 2 heterocycles. The highest BCUT2D eigenvalue weighted by Gasteiger charge is 2.09. The number of hydrogen-bond acceptors (Lipinski definition) is 5. The second-order valence-electron chi connectivity index (χ2n) is 4.26. The lowest BCUT2D eigenvalue weighted by molar-refractivity contribution is 0.0690. The molecule has 0 saturated carbocycles. The van der Waals surface area contributed by atoms with Gasteiger partial charge in [0.1, 0.15) is 11.6 Å². The third kappa shape index (κ3) is 3.80. The van der Waals surface area contributed by atoms with Crippen LogP contribution < -0.4 is 5.32 Å². The molecule has 0 aliphatic carbocycles. The molecule has 2 aromatic rings. The molecule has 0 aliphatic heterocycles. The lowest BCUT2D eigenvalue weighted by Gasteiger charge is -2.13. The maximum absolute atomic E-state index is 10.8. The van der Waals surface area contributed by atoms with Crippen LogP contribution in [0.5, 0.6) is 0 Å². The highest BCUT2D eigenvalue weighted by atomic mass is 16.4. The minimum atomic E-state index is -1.08. The first kappa shape index (κ1) is 13.1. The first-order valence-electron chi connectivity index (χ1n) is 5.99. The van der Waals surface area contributed by atoms with Crippen molar-refractivity contribution in [3.63, 3.8) is 0 Å². The van der Waals surface area contributed by atoms with Crippen LogP contribution >= 0.6 is 0 Å². The maximum atomic E-state index is 10.8. The molecule has 0 saturated heterocycles. The molecule has 0 aliphatic rings. The van der Waals surface area contributed by atoms with Gasteiger partial charge < -0.3 is 14.8 Å². The number of nitrogens with one attached hydrogen (secondary N) is 1. The number of aryl methyl sites for hydroxylation is 1. The third-order valence-electron chi connectivity index (χ3n) is 2.65. The van der Waals surface area contributed by atoms with Gasteiger partial charge in [-0.25, -0.2) is 9.78 Å². The van der Waals surface area contributed by atoms with Gasteiger partial charge in [-0.3, -0.25) is 4.98 Å². The van der Waals surface area contributed by atoms with Gasteiger partial charge in [-0.05, 0) is 25.5 Å². The van der Waals surface area contributed by atoms with E-state index in [1.807, 2.05) is 19.1 Å². The van der Waals surface area contributed by atoms with Crippen molar-refractivity contribution in [1.82, 2.24) is 9.97 Å². The zero-order valence-electron chi connectivity index (χ0n) is 10.5. The topological polar surface area (TPSA) is 88.2 Å². The number of aromatic nitrogens is 2. The van der Waals surface area contributed by atoms with Gasteiger partial charge in [0.25, 0.3) is 0 Å². The summed E-state index contributed by atoms with van der Waals surface area (Å²) >= 11 is 0. The number of aromatic carboxylic acids is 1. The Morgan fingerprint density at radius 3 is 3.05 bits per heavy atom. The van der Waals surface area contributed by atoms with Crippen molar-refractivity contribution in [2.45, 2.75) is 25.8 Å². The van der Waals surface area contributed by atoms with Crippen LogP contribution in [0.25, 0.3) is 0 Å². The number of nitrogens with zero attached hydrogens (tertiary/aromatic N) is 2. The molecule has 2 N–H and O–H groups in total. The number of anilines is 1. The van der Waals surface area contributed by atoms with Crippen molar-refractivity contribution in [3.05, 3.63) is 42.2 Å². The fourth-order valence-corrected chi connectivity index (χ4v) is 1.68. The van der Waals surface area contributed by atoms with Gasteiger partial charge in [-0.2, -0.15) is 0 Å². The quantitative estimate of drug-likeness (QED) is 0.828. The molecule has 0 amide bonds. The van der Waals surface area contributed by atoms with Crippen LogP contribution in [-0.4, -0.2) is 27.1 Å². The lowest BCUT2D eigenvalue weighted by Crippen LogP contribution is -2.18. The van der Waals surface area contributed by atoms with E-state index in [1.165, 1.54) is 12.4 Å². The van der Waals surface area contributed by atoms with E-state index in [9.17, 15) is 4.79 Å². The molecule has 0 bridgehead atoms. The highest BCUT2D eigenvalue weighted by molar-refractivity contribution is 5.85. The molecule has 0 fully saturated rings. The Morgan fingerprint density at radius 1 is 1.53 bits per heavy atom. The minimum absolute atomic E-state index is 0.0664. The van der Waals surface area contributed by atoms with Crippen LogP contribution in [0.1, 0.15) is 29.6 Å². The van der Waals surface area contributed by atoms with Gasteiger partial charge in [0, 0.05) is 12.5 Å². The van der Waals surface area contributed by atoms with E-state index < -0.39 is 5.97 Å². The Balaban J connectivity index is 1.89. The summed E-state index contributed by atoms with van der Waals surface area (Å²) in [5.41, 5.74) is -0.0664. The van der Waals surface area contributed by atoms with E-state index in [0.717, 1.165) is 18.6 Å². The number of carboxylic acids is 1. The Hall–Kier alpha value is -2.37. The van der Waals surface area contributed by atoms with Gasteiger partial charge in [-0.1, -0.05) is 0 Å². The number of carboxylic acid groups (broad SMARTS) is 1. The van der Waals surface area contributed by atoms with E-state index in [0.29, 0.717) is 5.82 Å². The first-order valence-corrected chi connectivity index (χ1v) is 5.99. The Bertz CT molecular complexity index is 540. The number of hydrogen-bond donors (Lipinski definition) is 2. The Labute approximate surface area is 110 Å². The van der Waals surface area contributed by atoms with Crippen molar-refractivity contribution in [1.29, 1.82) is 0 Å². The van der Waals surface area contributed by atoms with Crippen LogP contribution in [-0.2, 0) is 6.42 Å². The minimum Gasteiger partial charge on any atom is -0.476 e. The number of furan rings is 1. The van der Waals surface area contributed by atoms with Crippen LogP contribution in [0.4, 0.5) is 5.82 Å². The Kier molecular flexibility index (Phi) is 4.12. The van der Waals surface area contributed by atoms with E-state index >= 15 is 0 Å². The summed E-state index contributed by atoms with van der Waals surface area (Å²) in [6, 6.07) is 3.93. The van der Waals surface area contributed by atoms with E-state index in [4.69, 9.17) is 9.52 Å². The zero-order valence-corrected chi connectivity index (χ0v) is 10.5. The van der Waals surface area contributed by atoms with Crippen molar-refractivity contribution in [2.24, 2.45) is 0 Å². The van der Waals surface area contributed by atoms with Crippen LogP contribution in [0.2, 0.25) is 0 Å². The second kappa shape index (κ2) is 5.99. The summed E-state index contributed by atoms with van der Waals surface area (Å²) in [6.45, 7) is 2.00. The maximum Gasteiger partial charge on any atom is 0.356 e. The van der Waals surface area contributed by atoms with Crippen molar-refractivity contribution in [2.75, 3.05) is 5.32 Å². The van der Waals surface area contributed by atoms with Crippen molar-refractivity contribution < 1.29 is 14.3 Å². The molecular formula is C13H15N3O3. The molecule has 1 unspecified atom stereocenters. The molecule has 6 heteroatoms. The van der Waals surface area contributed by atoms with Gasteiger partial charge in [0.15, 0.2) is 5.69 Å². The molecule has 0 aromatic carbocycles. The van der Waals surface area contributed by atoms with E-state index in [1.54, 1.807) is 6.26 Å². The van der Waals surface area contributed by atoms with Crippen molar-refractivity contribution in [3.8, 4) is 0 Å². The summed E-state index contributed by atoms with van der Waals surface area (Å²) < 4.78 is 5.25. The average Bonchev–Trinajstić information content (AvgIpc) is 2.90. The van der Waals surface area contributed by atoms with Crippen LogP contribution in [0.3, 0.4) is 0 Å². The standard InChI is InChI=1S/C13H15N3O3/c1-9(4-5-10-3-2-6-19-10)15-12-8-14-7-11(16-12)13(17)18/h2-3,6-9H,4-5H2,1H3,(H,15,16)(H,17,18). The van der Waals surface area contributed by atoms with Gasteiger partial charge in [0.2, 0.25) is 0 Å². The summed E-state index contributed by atoms with van der Waals surface area (Å²) in [5.74, 6) is 0.310. The molecule has 6 nitrogen and oxygen atoms in total. The predicted molar refractivity (Wildman–Crippen MR) is 69.1 cm³/mol. The smallest absolute Gasteiger partial charge is 0.356 e. The van der Waals surface area contributed by atoms with Gasteiger partial charge in [-0.15, -0.1) is 0 Å². The molecule has 2 aromatic heterocycles.